The third kappa shape index (κ3) is 4.61. The molecular weight excluding hydrogens is 426 g/mol. The summed E-state index contributed by atoms with van der Waals surface area (Å²) >= 11 is 1.56. The van der Waals surface area contributed by atoms with Gasteiger partial charge in [0.05, 0.1) is 16.5 Å². The number of non-ortho nitro benzene ring substituents is 1. The number of benzene rings is 1. The third-order valence-corrected chi connectivity index (χ3v) is 7.62. The first-order valence-electron chi connectivity index (χ1n) is 11.1. The van der Waals surface area contributed by atoms with E-state index in [0.29, 0.717) is 36.7 Å². The number of fused-ring (bicyclic) bond motifs is 1. The molecule has 2 aliphatic rings. The highest BCUT2D eigenvalue weighted by Gasteiger charge is 2.28. The minimum atomic E-state index is -0.383. The number of hydrogen-bond acceptors (Lipinski definition) is 7. The Labute approximate surface area is 191 Å². The van der Waals surface area contributed by atoms with Crippen molar-refractivity contribution in [2.75, 3.05) is 36.4 Å². The van der Waals surface area contributed by atoms with Crippen LogP contribution in [0.1, 0.15) is 42.2 Å². The topological polar surface area (TPSA) is 103 Å². The predicted molar refractivity (Wildman–Crippen MR) is 125 cm³/mol. The van der Waals surface area contributed by atoms with E-state index in [0.717, 1.165) is 36.9 Å². The molecule has 1 aliphatic carbocycles. The highest BCUT2D eigenvalue weighted by molar-refractivity contribution is 7.16. The van der Waals surface area contributed by atoms with Gasteiger partial charge in [-0.25, -0.2) is 0 Å². The highest BCUT2D eigenvalue weighted by Crippen LogP contribution is 2.37. The molecule has 0 spiro atoms. The molecule has 1 amide bonds. The first kappa shape index (κ1) is 22.2. The lowest BCUT2D eigenvalue weighted by atomic mass is 10.1. The van der Waals surface area contributed by atoms with Gasteiger partial charge in [-0.1, -0.05) is 12.5 Å². The van der Waals surface area contributed by atoms with Gasteiger partial charge in [0.2, 0.25) is 5.91 Å². The summed E-state index contributed by atoms with van der Waals surface area (Å²) in [6.07, 6.45) is 5.32. The van der Waals surface area contributed by atoms with Gasteiger partial charge >= 0.3 is 0 Å². The molecule has 4 rings (SSSR count). The molecule has 1 aliphatic heterocycles. The zero-order valence-corrected chi connectivity index (χ0v) is 19.0. The Bertz CT molecular complexity index is 1050. The maximum absolute atomic E-state index is 13.0. The van der Waals surface area contributed by atoms with Crippen LogP contribution in [0, 0.1) is 21.4 Å². The lowest BCUT2D eigenvalue weighted by Crippen LogP contribution is -2.52. The Balaban J connectivity index is 1.38. The molecule has 2 heterocycles. The minimum Gasteiger partial charge on any atom is -0.369 e. The number of aryl methyl sites for hydroxylation is 1. The number of anilines is 2. The molecule has 2 aromatic rings. The second kappa shape index (κ2) is 9.67. The first-order chi connectivity index (χ1) is 15.5. The van der Waals surface area contributed by atoms with Crippen LogP contribution in [0.15, 0.2) is 24.3 Å². The van der Waals surface area contributed by atoms with Crippen LogP contribution < -0.4 is 10.2 Å². The normalized spacial score (nSPS) is 17.7. The number of rotatable bonds is 5. The van der Waals surface area contributed by atoms with Crippen molar-refractivity contribution >= 4 is 33.6 Å². The van der Waals surface area contributed by atoms with Gasteiger partial charge in [0.25, 0.3) is 5.69 Å². The number of carbonyl (C=O) groups excluding carboxylic acids is 1. The van der Waals surface area contributed by atoms with Crippen LogP contribution in [0.3, 0.4) is 0 Å². The molecule has 9 heteroatoms. The maximum Gasteiger partial charge on any atom is 0.271 e. The lowest BCUT2D eigenvalue weighted by Gasteiger charge is -2.38. The van der Waals surface area contributed by atoms with Crippen molar-refractivity contribution in [3.63, 3.8) is 0 Å². The van der Waals surface area contributed by atoms with Crippen molar-refractivity contribution in [2.24, 2.45) is 0 Å². The molecular formula is C23H27N5O3S. The number of nitriles is 1. The zero-order chi connectivity index (χ0) is 22.7. The van der Waals surface area contributed by atoms with Crippen molar-refractivity contribution in [3.8, 4) is 6.07 Å². The average Bonchev–Trinajstić information content (AvgIpc) is 2.97. The quantitative estimate of drug-likeness (QED) is 0.418. The summed E-state index contributed by atoms with van der Waals surface area (Å²) in [6, 6.07) is 8.66. The summed E-state index contributed by atoms with van der Waals surface area (Å²) in [6.45, 7) is 4.64. The number of carbonyl (C=O) groups is 1. The van der Waals surface area contributed by atoms with E-state index in [2.05, 4.69) is 21.2 Å². The number of nitro groups is 1. The van der Waals surface area contributed by atoms with Gasteiger partial charge in [-0.15, -0.1) is 11.3 Å². The molecule has 32 heavy (non-hydrogen) atoms. The van der Waals surface area contributed by atoms with Gasteiger partial charge < -0.3 is 10.2 Å². The van der Waals surface area contributed by atoms with Crippen LogP contribution in [0.2, 0.25) is 0 Å². The molecule has 0 saturated carbocycles. The van der Waals surface area contributed by atoms with Crippen LogP contribution in [-0.2, 0) is 17.6 Å². The van der Waals surface area contributed by atoms with E-state index in [9.17, 15) is 20.2 Å². The van der Waals surface area contributed by atoms with E-state index < -0.39 is 0 Å². The molecule has 1 unspecified atom stereocenters. The van der Waals surface area contributed by atoms with Gasteiger partial charge in [0.15, 0.2) is 0 Å². The number of nitrogens with one attached hydrogen (secondary N) is 1. The number of amides is 1. The number of nitrogens with zero attached hydrogens (tertiary/aromatic N) is 4. The summed E-state index contributed by atoms with van der Waals surface area (Å²) in [5.41, 5.74) is 2.68. The number of nitro benzene ring substituents is 1. The largest absolute Gasteiger partial charge is 0.369 e. The van der Waals surface area contributed by atoms with Crippen LogP contribution in [-0.4, -0.2) is 48.0 Å². The fraction of sp³-hybridized carbons (Fsp3) is 0.478. The van der Waals surface area contributed by atoms with Crippen LogP contribution >= 0.6 is 11.3 Å². The Hall–Kier alpha value is -2.96. The van der Waals surface area contributed by atoms with Gasteiger partial charge in [0.1, 0.15) is 11.1 Å². The van der Waals surface area contributed by atoms with E-state index >= 15 is 0 Å². The first-order valence-corrected chi connectivity index (χ1v) is 11.9. The maximum atomic E-state index is 13.0. The Morgan fingerprint density at radius 2 is 1.97 bits per heavy atom. The fourth-order valence-electron chi connectivity index (χ4n) is 4.50. The standard InChI is InChI=1S/C23H27N5O3S/c1-16(22(29)25-23-20(15-24)19-8-3-2-4-9-21(19)32-23)26-10-12-27(13-11-26)17-6-5-7-18(14-17)28(30)31/h5-7,14,16H,2-4,8-13H2,1H3,(H,25,29). The van der Waals surface area contributed by atoms with Crippen LogP contribution in [0.4, 0.5) is 16.4 Å². The zero-order valence-electron chi connectivity index (χ0n) is 18.2. The lowest BCUT2D eigenvalue weighted by molar-refractivity contribution is -0.384. The minimum absolute atomic E-state index is 0.0836. The molecule has 8 nitrogen and oxygen atoms in total. The van der Waals surface area contributed by atoms with Gasteiger partial charge in [-0.05, 0) is 44.2 Å². The molecule has 0 bridgehead atoms. The third-order valence-electron chi connectivity index (χ3n) is 6.42. The molecule has 168 valence electrons. The summed E-state index contributed by atoms with van der Waals surface area (Å²) in [5.74, 6) is -0.0956. The Kier molecular flexibility index (Phi) is 6.72. The SMILES string of the molecule is CC(C(=O)Nc1sc2c(c1C#N)CCCCC2)N1CCN(c2cccc([N+](=O)[O-])c2)CC1. The van der Waals surface area contributed by atoms with Crippen molar-refractivity contribution in [1.82, 2.24) is 4.90 Å². The van der Waals surface area contributed by atoms with E-state index in [1.54, 1.807) is 23.5 Å². The van der Waals surface area contributed by atoms with Crippen molar-refractivity contribution < 1.29 is 9.72 Å². The summed E-state index contributed by atoms with van der Waals surface area (Å²) < 4.78 is 0. The Morgan fingerprint density at radius 1 is 1.22 bits per heavy atom. The number of hydrogen-bond donors (Lipinski definition) is 1. The monoisotopic (exact) mass is 453 g/mol. The molecule has 1 fully saturated rings. The second-order valence-corrected chi connectivity index (χ2v) is 9.45. The van der Waals surface area contributed by atoms with Gasteiger partial charge in [-0.2, -0.15) is 5.26 Å². The van der Waals surface area contributed by atoms with E-state index in [4.69, 9.17) is 0 Å². The number of piperazine rings is 1. The predicted octanol–water partition coefficient (Wildman–Crippen LogP) is 3.95. The van der Waals surface area contributed by atoms with Gasteiger partial charge in [0, 0.05) is 48.9 Å². The van der Waals surface area contributed by atoms with Crippen LogP contribution in [0.5, 0.6) is 0 Å². The number of thiophene rings is 1. The average molecular weight is 454 g/mol. The summed E-state index contributed by atoms with van der Waals surface area (Å²) in [4.78, 5) is 29.1. The van der Waals surface area contributed by atoms with Crippen molar-refractivity contribution in [1.29, 1.82) is 5.26 Å². The van der Waals surface area contributed by atoms with Crippen molar-refractivity contribution in [2.45, 2.75) is 45.1 Å². The highest BCUT2D eigenvalue weighted by atomic mass is 32.1. The molecule has 1 atom stereocenters. The Morgan fingerprint density at radius 3 is 2.69 bits per heavy atom. The molecule has 0 radical (unpaired) electrons. The van der Waals surface area contributed by atoms with E-state index in [1.807, 2.05) is 13.0 Å². The van der Waals surface area contributed by atoms with E-state index in [-0.39, 0.29) is 22.6 Å². The van der Waals surface area contributed by atoms with Crippen molar-refractivity contribution in [3.05, 3.63) is 50.4 Å². The van der Waals surface area contributed by atoms with Gasteiger partial charge in [-0.3, -0.25) is 19.8 Å². The van der Waals surface area contributed by atoms with E-state index in [1.165, 1.54) is 17.4 Å². The molecule has 1 N–H and O–H groups in total. The molecule has 1 aromatic heterocycles. The van der Waals surface area contributed by atoms with Crippen LogP contribution in [0.25, 0.3) is 0 Å². The summed E-state index contributed by atoms with van der Waals surface area (Å²) in [5, 5.41) is 24.5. The molecule has 1 aromatic carbocycles. The smallest absolute Gasteiger partial charge is 0.271 e. The second-order valence-electron chi connectivity index (χ2n) is 8.35. The summed E-state index contributed by atoms with van der Waals surface area (Å²) in [7, 11) is 0. The fourth-order valence-corrected chi connectivity index (χ4v) is 5.74. The molecule has 1 saturated heterocycles.